The lowest BCUT2D eigenvalue weighted by Crippen LogP contribution is -2.24. The summed E-state index contributed by atoms with van der Waals surface area (Å²) in [6.45, 7) is 7.40. The molecule has 0 aliphatic rings. The summed E-state index contributed by atoms with van der Waals surface area (Å²) in [5.41, 5.74) is 5.10. The van der Waals surface area contributed by atoms with E-state index in [1.807, 2.05) is 13.8 Å². The van der Waals surface area contributed by atoms with Gasteiger partial charge in [-0.15, -0.1) is 0 Å². The van der Waals surface area contributed by atoms with Crippen LogP contribution in [-0.4, -0.2) is 12.5 Å². The van der Waals surface area contributed by atoms with E-state index < -0.39 is 11.8 Å². The van der Waals surface area contributed by atoms with Crippen molar-refractivity contribution in [2.24, 2.45) is 11.7 Å². The predicted molar refractivity (Wildman–Crippen MR) is 49.4 cm³/mol. The van der Waals surface area contributed by atoms with Crippen molar-refractivity contribution >= 4 is 0 Å². The molecule has 0 radical (unpaired) electrons. The zero-order valence-corrected chi connectivity index (χ0v) is 8.53. The molecule has 0 rings (SSSR count). The van der Waals surface area contributed by atoms with Crippen LogP contribution in [0.2, 0.25) is 0 Å². The van der Waals surface area contributed by atoms with Gasteiger partial charge in [-0.3, -0.25) is 0 Å². The van der Waals surface area contributed by atoms with Crippen molar-refractivity contribution in [3.05, 3.63) is 0 Å². The Morgan fingerprint density at radius 3 is 1.92 bits per heavy atom. The summed E-state index contributed by atoms with van der Waals surface area (Å²) in [5, 5.41) is 0. The van der Waals surface area contributed by atoms with Crippen LogP contribution < -0.4 is 5.73 Å². The van der Waals surface area contributed by atoms with Gasteiger partial charge >= 0.3 is 0 Å². The van der Waals surface area contributed by atoms with Crippen molar-refractivity contribution in [1.82, 2.24) is 0 Å². The van der Waals surface area contributed by atoms with E-state index in [0.29, 0.717) is 13.0 Å². The first-order valence-electron chi connectivity index (χ1n) is 4.58. The van der Waals surface area contributed by atoms with E-state index in [0.717, 1.165) is 0 Å². The zero-order chi connectivity index (χ0) is 10.2. The summed E-state index contributed by atoms with van der Waals surface area (Å²) in [4.78, 5) is 0. The van der Waals surface area contributed by atoms with E-state index in [4.69, 9.17) is 5.73 Å². The van der Waals surface area contributed by atoms with Gasteiger partial charge in [-0.05, 0) is 13.0 Å². The van der Waals surface area contributed by atoms with Crippen LogP contribution in [0.4, 0.5) is 8.78 Å². The highest BCUT2D eigenvalue weighted by molar-refractivity contribution is 4.69. The molecular formula is C9H21F2N. The average molecular weight is 181 g/mol. The molecule has 0 spiro atoms. The van der Waals surface area contributed by atoms with Crippen LogP contribution in [0.5, 0.6) is 0 Å². The number of nitrogens with two attached hydrogens (primary N) is 1. The molecule has 3 heteroatoms. The molecule has 0 aromatic heterocycles. The molecule has 0 atom stereocenters. The molecule has 12 heavy (non-hydrogen) atoms. The van der Waals surface area contributed by atoms with Gasteiger partial charge in [-0.1, -0.05) is 27.7 Å². The summed E-state index contributed by atoms with van der Waals surface area (Å²) < 4.78 is 25.4. The largest absolute Gasteiger partial charge is 0.330 e. The zero-order valence-electron chi connectivity index (χ0n) is 8.53. The average Bonchev–Trinajstić information content (AvgIpc) is 2.04. The van der Waals surface area contributed by atoms with E-state index in [9.17, 15) is 8.78 Å². The van der Waals surface area contributed by atoms with Gasteiger partial charge in [-0.25, -0.2) is 8.78 Å². The molecule has 2 N–H and O–H groups in total. The van der Waals surface area contributed by atoms with Crippen molar-refractivity contribution in [2.45, 2.75) is 46.5 Å². The topological polar surface area (TPSA) is 26.0 Å². The Labute approximate surface area is 74.3 Å². The third kappa shape index (κ3) is 6.53. The van der Waals surface area contributed by atoms with E-state index in [1.165, 1.54) is 13.8 Å². The third-order valence-corrected chi connectivity index (χ3v) is 1.56. The Bertz CT molecular complexity index is 92.5. The summed E-state index contributed by atoms with van der Waals surface area (Å²) in [7, 11) is 0. The van der Waals surface area contributed by atoms with Crippen LogP contribution in [0.25, 0.3) is 0 Å². The van der Waals surface area contributed by atoms with Gasteiger partial charge in [-0.2, -0.15) is 0 Å². The number of hydrogen-bond donors (Lipinski definition) is 1. The number of halogens is 2. The highest BCUT2D eigenvalue weighted by Crippen LogP contribution is 2.28. The maximum Gasteiger partial charge on any atom is 0.250 e. The highest BCUT2D eigenvalue weighted by Gasteiger charge is 2.31. The van der Waals surface area contributed by atoms with Crippen LogP contribution in [0, 0.1) is 5.92 Å². The summed E-state index contributed by atoms with van der Waals surface area (Å²) >= 11 is 0. The first kappa shape index (κ1) is 14.3. The van der Waals surface area contributed by atoms with Crippen molar-refractivity contribution in [2.75, 3.05) is 6.54 Å². The Morgan fingerprint density at radius 1 is 1.25 bits per heavy atom. The fraction of sp³-hybridized carbons (Fsp3) is 1.00. The molecule has 76 valence electrons. The smallest absolute Gasteiger partial charge is 0.250 e. The standard InChI is InChI=1S/C7H15F2N.C2H6/c1-6(2)7(8,9)4-3-5-10;1-2/h6H,3-5,10H2,1-2H3;1-2H3. The molecule has 0 unspecified atom stereocenters. The lowest BCUT2D eigenvalue weighted by atomic mass is 10.0. The van der Waals surface area contributed by atoms with Gasteiger partial charge in [0.15, 0.2) is 0 Å². The van der Waals surface area contributed by atoms with E-state index in [2.05, 4.69) is 0 Å². The van der Waals surface area contributed by atoms with E-state index in [1.54, 1.807) is 0 Å². The van der Waals surface area contributed by atoms with Gasteiger partial charge in [0.05, 0.1) is 0 Å². The minimum Gasteiger partial charge on any atom is -0.330 e. The molecule has 0 aromatic rings. The van der Waals surface area contributed by atoms with Crippen LogP contribution >= 0.6 is 0 Å². The summed E-state index contributed by atoms with van der Waals surface area (Å²) in [5.74, 6) is -3.10. The lowest BCUT2D eigenvalue weighted by Gasteiger charge is -2.19. The Hall–Kier alpha value is -0.180. The molecule has 0 saturated carbocycles. The molecule has 0 fully saturated rings. The molecule has 0 heterocycles. The molecule has 0 amide bonds. The second-order valence-electron chi connectivity index (χ2n) is 2.81. The summed E-state index contributed by atoms with van der Waals surface area (Å²) in [6, 6.07) is 0. The van der Waals surface area contributed by atoms with Gasteiger partial charge in [0.2, 0.25) is 5.92 Å². The quantitative estimate of drug-likeness (QED) is 0.708. The third-order valence-electron chi connectivity index (χ3n) is 1.56. The Balaban J connectivity index is 0. The first-order valence-corrected chi connectivity index (χ1v) is 4.58. The maximum atomic E-state index is 12.7. The van der Waals surface area contributed by atoms with Crippen LogP contribution in [-0.2, 0) is 0 Å². The first-order chi connectivity index (χ1) is 5.50. The number of rotatable bonds is 4. The molecule has 1 nitrogen and oxygen atoms in total. The molecule has 0 bridgehead atoms. The Morgan fingerprint density at radius 2 is 1.67 bits per heavy atom. The fourth-order valence-electron chi connectivity index (χ4n) is 0.626. The second kappa shape index (κ2) is 7.47. The van der Waals surface area contributed by atoms with Gasteiger partial charge < -0.3 is 5.73 Å². The lowest BCUT2D eigenvalue weighted by molar-refractivity contribution is -0.0531. The predicted octanol–water partition coefficient (Wildman–Crippen LogP) is 3.04. The van der Waals surface area contributed by atoms with E-state index in [-0.39, 0.29) is 6.42 Å². The van der Waals surface area contributed by atoms with Gasteiger partial charge in [0.25, 0.3) is 0 Å². The highest BCUT2D eigenvalue weighted by atomic mass is 19.3. The fourth-order valence-corrected chi connectivity index (χ4v) is 0.626. The second-order valence-corrected chi connectivity index (χ2v) is 2.81. The minimum absolute atomic E-state index is 0.0822. The number of hydrogen-bond acceptors (Lipinski definition) is 1. The normalized spacial score (nSPS) is 11.0. The molecule has 0 aliphatic carbocycles. The SMILES string of the molecule is CC.CC(C)C(F)(F)CCCN. The monoisotopic (exact) mass is 181 g/mol. The van der Waals surface area contributed by atoms with Crippen molar-refractivity contribution in [1.29, 1.82) is 0 Å². The molecule has 0 saturated heterocycles. The minimum atomic E-state index is -2.53. The van der Waals surface area contributed by atoms with Crippen LogP contribution in [0.15, 0.2) is 0 Å². The van der Waals surface area contributed by atoms with E-state index >= 15 is 0 Å². The van der Waals surface area contributed by atoms with Crippen molar-refractivity contribution in [3.63, 3.8) is 0 Å². The van der Waals surface area contributed by atoms with Crippen molar-refractivity contribution < 1.29 is 8.78 Å². The molecular weight excluding hydrogens is 160 g/mol. The number of alkyl halides is 2. The summed E-state index contributed by atoms with van der Waals surface area (Å²) in [6.07, 6.45) is 0.326. The molecule has 0 aliphatic heterocycles. The molecule has 0 aromatic carbocycles. The van der Waals surface area contributed by atoms with Crippen LogP contribution in [0.3, 0.4) is 0 Å². The Kier molecular flexibility index (Phi) is 8.93. The van der Waals surface area contributed by atoms with Gasteiger partial charge in [0.1, 0.15) is 0 Å². The maximum absolute atomic E-state index is 12.7. The van der Waals surface area contributed by atoms with Gasteiger partial charge in [0, 0.05) is 12.3 Å². The van der Waals surface area contributed by atoms with Crippen molar-refractivity contribution in [3.8, 4) is 0 Å². The van der Waals surface area contributed by atoms with Crippen LogP contribution in [0.1, 0.15) is 40.5 Å².